The van der Waals surface area contributed by atoms with E-state index in [1.165, 1.54) is 117 Å². The molecule has 0 radical (unpaired) electrons. The van der Waals surface area contributed by atoms with E-state index in [4.69, 9.17) is 18.9 Å². The fraction of sp³-hybridized carbons (Fsp3) is 0.704. The molecule has 0 fully saturated rings. The smallest absolute Gasteiger partial charge is 0.550 e. The molecule has 0 aromatic heterocycles. The molecule has 0 saturated heterocycles. The molecule has 0 heterocycles. The first-order valence-electron chi connectivity index (χ1n) is 25.0. The van der Waals surface area contributed by atoms with Crippen LogP contribution in [-0.2, 0) is 51.3 Å². The Hall–Kier alpha value is -2.19. The van der Waals surface area contributed by atoms with Crippen molar-refractivity contribution < 1.29 is 48.3 Å². The molecular weight excluding hydrogens is 946 g/mol. The number of carbonyl (C=O) groups excluding carboxylic acids is 4. The summed E-state index contributed by atoms with van der Waals surface area (Å²) in [5.74, 6) is -2.38. The molecule has 2 rings (SSSR count). The fourth-order valence-electron chi connectivity index (χ4n) is 7.90. The first kappa shape index (κ1) is 62.8. The zero-order valence-corrected chi connectivity index (χ0v) is 45.5. The molecule has 10 nitrogen and oxygen atoms in total. The number of benzene rings is 2. The summed E-state index contributed by atoms with van der Waals surface area (Å²) in [5, 5.41) is 20.7. The molecule has 0 spiro atoms. The summed E-state index contributed by atoms with van der Waals surface area (Å²) in [6.45, 7) is 7.80. The van der Waals surface area contributed by atoms with Gasteiger partial charge in [-0.05, 0) is 63.5 Å². The Kier molecular flexibility index (Phi) is 42.8. The number of hydrogen-bond acceptors (Lipinski definition) is 10. The van der Waals surface area contributed by atoms with Crippen molar-refractivity contribution in [3.63, 3.8) is 0 Å². The molecule has 0 saturated carbocycles. The zero-order valence-electron chi connectivity index (χ0n) is 41.1. The molecule has 0 amide bonds. The maximum Gasteiger partial charge on any atom is 2.00 e. The Balaban J connectivity index is 0.00000124. The van der Waals surface area contributed by atoms with Gasteiger partial charge < -0.3 is 38.7 Å². The second-order valence-electron chi connectivity index (χ2n) is 17.6. The molecule has 0 aliphatic carbocycles. The predicted octanol–water partition coefficient (Wildman–Crippen LogP) is 11.1. The van der Waals surface area contributed by atoms with Crippen LogP contribution in [-0.4, -0.2) is 97.2 Å². The summed E-state index contributed by atoms with van der Waals surface area (Å²) in [6.07, 6.45) is 29.4. The Morgan fingerprint density at radius 1 is 0.415 bits per heavy atom. The number of ether oxygens (including phenoxy) is 4. The Morgan fingerprint density at radius 2 is 0.662 bits per heavy atom. The average molecular weight is 1030 g/mol. The molecular formula is C54H86BaO10. The molecule has 4 unspecified atom stereocenters. The summed E-state index contributed by atoms with van der Waals surface area (Å²) < 4.78 is 23.0. The van der Waals surface area contributed by atoms with Gasteiger partial charge in [-0.2, -0.15) is 0 Å². The predicted molar refractivity (Wildman–Crippen MR) is 258 cm³/mol. The number of unbranched alkanes of at least 4 members (excludes halogenated alkanes) is 22. The normalized spacial score (nSPS) is 12.7. The number of carboxylic acids is 2. The molecule has 65 heavy (non-hydrogen) atoms. The van der Waals surface area contributed by atoms with Gasteiger partial charge in [0, 0.05) is 25.8 Å². The van der Waals surface area contributed by atoms with Crippen molar-refractivity contribution in [2.75, 3.05) is 0 Å². The minimum Gasteiger partial charge on any atom is -0.550 e. The second kappa shape index (κ2) is 44.3. The number of aliphatic carboxylic acids is 2. The summed E-state index contributed by atoms with van der Waals surface area (Å²) in [7, 11) is 0. The van der Waals surface area contributed by atoms with E-state index < -0.39 is 11.9 Å². The SMILES string of the molecule is CC(=O)OC(C)C(CCCCCCCCCCCCCCC(=O)[O-])OCc1ccccc1.CC(=O)OC(C)C(CCCCCCCCCCCCCCC(=O)[O-])OCc1ccccc1.[Ba+2]. The molecule has 364 valence electrons. The minimum atomic E-state index is -0.931. The van der Waals surface area contributed by atoms with E-state index >= 15 is 0 Å². The van der Waals surface area contributed by atoms with E-state index in [-0.39, 0.29) is 98.1 Å². The van der Waals surface area contributed by atoms with Crippen LogP contribution in [0.5, 0.6) is 0 Å². The van der Waals surface area contributed by atoms with Crippen LogP contribution in [0, 0.1) is 0 Å². The van der Waals surface area contributed by atoms with Crippen molar-refractivity contribution in [2.45, 2.75) is 245 Å². The van der Waals surface area contributed by atoms with E-state index in [9.17, 15) is 29.4 Å². The Labute approximate surface area is 434 Å². The van der Waals surface area contributed by atoms with Crippen LogP contribution in [0.25, 0.3) is 0 Å². The maximum absolute atomic E-state index is 11.3. The summed E-state index contributed by atoms with van der Waals surface area (Å²) >= 11 is 0. The number of carbonyl (C=O) groups is 4. The van der Waals surface area contributed by atoms with Crippen LogP contribution < -0.4 is 10.2 Å². The standard InChI is InChI=1S/2C27H44O5.Ba/c2*1-23(32-24(2)28)26(31-22-25-18-14-13-15-19-25)20-16-11-9-7-5-3-4-6-8-10-12-17-21-27(29)30;/h2*13-15,18-19,23,26H,3-12,16-17,20-22H2,1-2H3,(H,29,30);/q;;+2/p-2. The monoisotopic (exact) mass is 1030 g/mol. The van der Waals surface area contributed by atoms with Crippen LogP contribution in [0.4, 0.5) is 0 Å². The fourth-order valence-corrected chi connectivity index (χ4v) is 7.90. The van der Waals surface area contributed by atoms with Crippen molar-refractivity contribution >= 4 is 72.8 Å². The van der Waals surface area contributed by atoms with E-state index in [0.717, 1.165) is 75.3 Å². The minimum absolute atomic E-state index is 0. The van der Waals surface area contributed by atoms with Crippen molar-refractivity contribution in [3.8, 4) is 0 Å². The first-order chi connectivity index (χ1) is 31.0. The van der Waals surface area contributed by atoms with Crippen LogP contribution in [0.3, 0.4) is 0 Å². The second-order valence-corrected chi connectivity index (χ2v) is 17.6. The van der Waals surface area contributed by atoms with Gasteiger partial charge >= 0.3 is 60.8 Å². The quantitative estimate of drug-likeness (QED) is 0.0358. The summed E-state index contributed by atoms with van der Waals surface area (Å²) in [6, 6.07) is 20.2. The number of hydrogen-bond donors (Lipinski definition) is 0. The van der Waals surface area contributed by atoms with Crippen LogP contribution >= 0.6 is 0 Å². The third-order valence-electron chi connectivity index (χ3n) is 11.6. The van der Waals surface area contributed by atoms with Gasteiger partial charge in [0.15, 0.2) is 0 Å². The third-order valence-corrected chi connectivity index (χ3v) is 11.6. The third kappa shape index (κ3) is 40.6. The van der Waals surface area contributed by atoms with Gasteiger partial charge in [0.25, 0.3) is 0 Å². The largest absolute Gasteiger partial charge is 2.00 e. The van der Waals surface area contributed by atoms with Gasteiger partial charge in [-0.3, -0.25) is 9.59 Å². The van der Waals surface area contributed by atoms with Crippen LogP contribution in [0.2, 0.25) is 0 Å². The summed E-state index contributed by atoms with van der Waals surface area (Å²) in [4.78, 5) is 43.4. The summed E-state index contributed by atoms with van der Waals surface area (Å²) in [5.41, 5.74) is 2.26. The van der Waals surface area contributed by atoms with Crippen molar-refractivity contribution in [2.24, 2.45) is 0 Å². The topological polar surface area (TPSA) is 151 Å². The number of carboxylic acid groups (broad SMARTS) is 2. The molecule has 2 aromatic carbocycles. The number of rotatable bonds is 40. The Morgan fingerprint density at radius 3 is 0.908 bits per heavy atom. The van der Waals surface area contributed by atoms with E-state index in [1.54, 1.807) is 0 Å². The van der Waals surface area contributed by atoms with Crippen molar-refractivity contribution in [1.82, 2.24) is 0 Å². The van der Waals surface area contributed by atoms with Gasteiger partial charge in [-0.25, -0.2) is 0 Å². The molecule has 0 N–H and O–H groups in total. The van der Waals surface area contributed by atoms with Crippen molar-refractivity contribution in [1.29, 1.82) is 0 Å². The van der Waals surface area contributed by atoms with E-state index in [2.05, 4.69) is 0 Å². The first-order valence-corrected chi connectivity index (χ1v) is 25.0. The molecule has 11 heteroatoms. The maximum atomic E-state index is 11.3. The Bertz CT molecular complexity index is 1320. The molecule has 0 aliphatic heterocycles. The van der Waals surface area contributed by atoms with Gasteiger partial charge in [-0.1, -0.05) is 202 Å². The van der Waals surface area contributed by atoms with E-state index in [1.807, 2.05) is 74.5 Å². The number of esters is 2. The van der Waals surface area contributed by atoms with Crippen molar-refractivity contribution in [3.05, 3.63) is 71.8 Å². The van der Waals surface area contributed by atoms with Gasteiger partial charge in [0.1, 0.15) is 12.2 Å². The average Bonchev–Trinajstić information content (AvgIpc) is 3.26. The van der Waals surface area contributed by atoms with Gasteiger partial charge in [0.05, 0.1) is 25.4 Å². The van der Waals surface area contributed by atoms with Crippen LogP contribution in [0.1, 0.15) is 219 Å². The van der Waals surface area contributed by atoms with Gasteiger partial charge in [0.2, 0.25) is 0 Å². The molecule has 0 bridgehead atoms. The van der Waals surface area contributed by atoms with Gasteiger partial charge in [-0.15, -0.1) is 0 Å². The zero-order chi connectivity index (χ0) is 46.9. The molecule has 0 aliphatic rings. The molecule has 4 atom stereocenters. The molecule has 2 aromatic rings. The van der Waals surface area contributed by atoms with E-state index in [0.29, 0.717) is 13.2 Å². The van der Waals surface area contributed by atoms with Crippen LogP contribution in [0.15, 0.2) is 60.7 Å².